The van der Waals surface area contributed by atoms with Gasteiger partial charge in [-0.1, -0.05) is 0 Å². The van der Waals surface area contributed by atoms with Gasteiger partial charge in [0.25, 0.3) is 0 Å². The molecule has 0 aromatic heterocycles. The highest BCUT2D eigenvalue weighted by atomic mass is 19.4. The van der Waals surface area contributed by atoms with E-state index < -0.39 is 18.0 Å². The number of ketones is 1. The molecule has 0 saturated heterocycles. The summed E-state index contributed by atoms with van der Waals surface area (Å²) in [4.78, 5) is 22.2. The molecule has 3 N–H and O–H groups in total. The van der Waals surface area contributed by atoms with Crippen LogP contribution in [0.4, 0.5) is 18.0 Å². The summed E-state index contributed by atoms with van der Waals surface area (Å²) in [5, 5.41) is 0. The van der Waals surface area contributed by atoms with E-state index in [1.807, 2.05) is 0 Å². The number of carbonyl (C=O) groups is 2. The first-order chi connectivity index (χ1) is 5.34. The number of hydrogen-bond acceptors (Lipinski definition) is 2. The molecule has 66 valence electrons. The summed E-state index contributed by atoms with van der Waals surface area (Å²) in [7, 11) is 0. The lowest BCUT2D eigenvalue weighted by Crippen LogP contribution is -2.24. The van der Waals surface area contributed by atoms with E-state index in [4.69, 9.17) is 0 Å². The first-order valence-corrected chi connectivity index (χ1v) is 2.46. The maximum absolute atomic E-state index is 11.4. The molecule has 0 spiro atoms. The van der Waals surface area contributed by atoms with Crippen LogP contribution in [0.25, 0.3) is 4.95 Å². The predicted molar refractivity (Wildman–Crippen MR) is 31.0 cm³/mol. The van der Waals surface area contributed by atoms with Gasteiger partial charge in [-0.3, -0.25) is 4.79 Å². The fraction of sp³-hybridized carbons (Fsp3) is 0.250. The first kappa shape index (κ1) is 10.2. The Morgan fingerprint density at radius 2 is 1.92 bits per heavy atom. The maximum Gasteiger partial charge on any atom is 0.469 e. The third-order valence-corrected chi connectivity index (χ3v) is 0.581. The molecule has 0 radical (unpaired) electrons. The highest BCUT2D eigenvalue weighted by Gasteiger charge is 2.42. The summed E-state index contributed by atoms with van der Waals surface area (Å²) < 4.78 is 34.1. The zero-order valence-corrected chi connectivity index (χ0v) is 5.47. The molecule has 8 heteroatoms. The lowest BCUT2D eigenvalue weighted by Gasteiger charge is -1.91. The summed E-state index contributed by atoms with van der Waals surface area (Å²) in [5.74, 6) is -2.30. The molecular formula is C4H3F3N3O2+. The Hall–Kier alpha value is -1.78. The van der Waals surface area contributed by atoms with Crippen LogP contribution in [-0.2, 0) is 4.79 Å². The summed E-state index contributed by atoms with van der Waals surface area (Å²) >= 11 is 0. The van der Waals surface area contributed by atoms with Gasteiger partial charge in [0.2, 0.25) is 0 Å². The van der Waals surface area contributed by atoms with Gasteiger partial charge in [-0.25, -0.2) is 4.79 Å². The normalized spacial score (nSPS) is 9.58. The monoisotopic (exact) mass is 182 g/mol. The lowest BCUT2D eigenvalue weighted by molar-refractivity contribution is -0.164. The zero-order valence-electron chi connectivity index (χ0n) is 5.47. The second kappa shape index (κ2) is 3.56. The minimum Gasteiger partial charge on any atom is -0.347 e. The molecule has 0 atom stereocenters. The van der Waals surface area contributed by atoms with Crippen LogP contribution >= 0.6 is 0 Å². The fourth-order valence-electron chi connectivity index (χ4n) is 0.197. The van der Waals surface area contributed by atoms with Crippen LogP contribution in [0.2, 0.25) is 0 Å². The molecule has 0 fully saturated rings. The summed E-state index contributed by atoms with van der Waals surface area (Å²) in [6, 6.07) is -0.180. The van der Waals surface area contributed by atoms with E-state index in [0.717, 1.165) is 6.07 Å². The van der Waals surface area contributed by atoms with Crippen molar-refractivity contribution < 1.29 is 22.8 Å². The Morgan fingerprint density at radius 3 is 2.25 bits per heavy atom. The Bertz CT molecular complexity index is 261. The topological polar surface area (TPSA) is 76.6 Å². The molecule has 0 bridgehead atoms. The molecule has 0 rings (SSSR count). The van der Waals surface area contributed by atoms with Crippen LogP contribution in [0.1, 0.15) is 0 Å². The zero-order chi connectivity index (χ0) is 9.78. The highest BCUT2D eigenvalue weighted by molar-refractivity contribution is 5.99. The number of hydrogen-bond donors (Lipinski definition) is 2. The summed E-state index contributed by atoms with van der Waals surface area (Å²) in [5.41, 5.74) is 5.79. The van der Waals surface area contributed by atoms with Crippen LogP contribution in [-0.4, -0.2) is 18.0 Å². The summed E-state index contributed by atoms with van der Waals surface area (Å²) in [6.07, 6.45) is -5.04. The number of rotatable bonds is 0. The average molecular weight is 182 g/mol. The number of alkyl halides is 3. The van der Waals surface area contributed by atoms with Gasteiger partial charge in [-0.2, -0.15) is 13.2 Å². The molecule has 0 aromatic carbocycles. The van der Waals surface area contributed by atoms with E-state index in [1.165, 1.54) is 5.43 Å². The van der Waals surface area contributed by atoms with Crippen molar-refractivity contribution in [1.82, 2.24) is 5.43 Å². The number of halogens is 3. The molecule has 0 aliphatic carbocycles. The van der Waals surface area contributed by atoms with E-state index in [1.54, 1.807) is 0 Å². The SMILES string of the molecule is NC(=O)N[N+]#CC(=O)C(F)(F)F. The van der Waals surface area contributed by atoms with Gasteiger partial charge in [-0.15, -0.1) is 0 Å². The second-order valence-corrected chi connectivity index (χ2v) is 1.53. The van der Waals surface area contributed by atoms with E-state index in [-0.39, 0.29) is 0 Å². The molecule has 0 heterocycles. The average Bonchev–Trinajstić information content (AvgIpc) is 1.84. The van der Waals surface area contributed by atoms with Gasteiger partial charge in [-0.05, 0) is 0 Å². The largest absolute Gasteiger partial charge is 0.469 e. The number of primary amides is 1. The number of nitrogens with zero attached hydrogens (tertiary/aromatic N) is 1. The molecule has 0 saturated carbocycles. The highest BCUT2D eigenvalue weighted by Crippen LogP contribution is 2.14. The van der Waals surface area contributed by atoms with Gasteiger partial charge in [0.15, 0.2) is 0 Å². The van der Waals surface area contributed by atoms with Crippen LogP contribution in [0, 0.1) is 6.07 Å². The van der Waals surface area contributed by atoms with E-state index in [2.05, 4.69) is 10.7 Å². The first-order valence-electron chi connectivity index (χ1n) is 2.46. The molecule has 0 aliphatic heterocycles. The number of nitrogens with two attached hydrogens (primary N) is 1. The smallest absolute Gasteiger partial charge is 0.347 e. The molecule has 5 nitrogen and oxygen atoms in total. The quantitative estimate of drug-likeness (QED) is 0.409. The number of Topliss-reactive ketones (excluding diaryl/α,β-unsaturated/α-hetero) is 1. The van der Waals surface area contributed by atoms with Crippen molar-refractivity contribution in [2.24, 2.45) is 5.73 Å². The molecule has 0 aliphatic rings. The van der Waals surface area contributed by atoms with E-state index in [9.17, 15) is 22.8 Å². The molecular weight excluding hydrogens is 179 g/mol. The van der Waals surface area contributed by atoms with Gasteiger partial charge < -0.3 is 5.73 Å². The second-order valence-electron chi connectivity index (χ2n) is 1.53. The molecule has 0 aromatic rings. The number of carbonyl (C=O) groups excluding carboxylic acids is 2. The van der Waals surface area contributed by atoms with Crippen molar-refractivity contribution >= 4 is 11.8 Å². The standard InChI is InChI=1S/C4H2F3N3O2/c5-4(6,7)2(11)1-9-10-3(8)12/h(H2-,8,10,11,12)/p+1. The minimum atomic E-state index is -5.04. The van der Waals surface area contributed by atoms with Crippen LogP contribution in [0.5, 0.6) is 0 Å². The minimum absolute atomic E-state index is 1.00. The fourth-order valence-corrected chi connectivity index (χ4v) is 0.197. The van der Waals surface area contributed by atoms with Crippen molar-refractivity contribution in [1.29, 1.82) is 0 Å². The van der Waals surface area contributed by atoms with E-state index >= 15 is 0 Å². The van der Waals surface area contributed by atoms with Crippen LogP contribution in [0.3, 0.4) is 0 Å². The van der Waals surface area contributed by atoms with Crippen molar-refractivity contribution in [2.75, 3.05) is 0 Å². The van der Waals surface area contributed by atoms with Crippen LogP contribution < -0.4 is 11.2 Å². The Balaban J connectivity index is 4.15. The third kappa shape index (κ3) is 4.10. The van der Waals surface area contributed by atoms with Gasteiger partial charge >= 0.3 is 24.1 Å². The Kier molecular flexibility index (Phi) is 3.04. The lowest BCUT2D eigenvalue weighted by atomic mass is 10.4. The maximum atomic E-state index is 11.4. The number of nitrogens with one attached hydrogen (secondary N) is 1. The number of amides is 2. The van der Waals surface area contributed by atoms with E-state index in [0.29, 0.717) is 0 Å². The van der Waals surface area contributed by atoms with Crippen molar-refractivity contribution in [3.8, 4) is 6.07 Å². The summed E-state index contributed by atoms with van der Waals surface area (Å²) in [6.45, 7) is 0. The Labute approximate surface area is 64.1 Å². The predicted octanol–water partition coefficient (Wildman–Crippen LogP) is 0.0340. The Morgan fingerprint density at radius 1 is 1.42 bits per heavy atom. The van der Waals surface area contributed by atoms with Gasteiger partial charge in [0.1, 0.15) is 4.95 Å². The van der Waals surface area contributed by atoms with Crippen molar-refractivity contribution in [3.05, 3.63) is 4.95 Å². The molecule has 2 amide bonds. The number of urea groups is 1. The van der Waals surface area contributed by atoms with Gasteiger partial charge in [0, 0.05) is 5.43 Å². The molecule has 0 unspecified atom stereocenters. The molecule has 12 heavy (non-hydrogen) atoms. The van der Waals surface area contributed by atoms with Gasteiger partial charge in [0.05, 0.1) is 0 Å². The van der Waals surface area contributed by atoms with Crippen molar-refractivity contribution in [2.45, 2.75) is 6.18 Å². The third-order valence-electron chi connectivity index (χ3n) is 0.581. The van der Waals surface area contributed by atoms with Crippen LogP contribution in [0.15, 0.2) is 0 Å². The van der Waals surface area contributed by atoms with Crippen molar-refractivity contribution in [3.63, 3.8) is 0 Å².